The lowest BCUT2D eigenvalue weighted by Crippen LogP contribution is -2.43. The number of likely N-dealkylation sites (tertiary alicyclic amines) is 1. The minimum Gasteiger partial charge on any atom is -0.375 e. The molecule has 0 spiro atoms. The van der Waals surface area contributed by atoms with Crippen LogP contribution in [0.1, 0.15) is 18.4 Å². The number of carbonyl (C=O) groups is 2. The van der Waals surface area contributed by atoms with Gasteiger partial charge in [-0.1, -0.05) is 23.2 Å². The second kappa shape index (κ2) is 7.20. The monoisotopic (exact) mass is 343 g/mol. The number of carbonyl (C=O) groups excluding carboxylic acids is 2. The van der Waals surface area contributed by atoms with Crippen LogP contribution in [0, 0.1) is 12.8 Å². The number of anilines is 1. The van der Waals surface area contributed by atoms with Crippen LogP contribution >= 0.6 is 23.2 Å². The first-order chi connectivity index (χ1) is 10.4. The number of benzene rings is 1. The fourth-order valence-electron chi connectivity index (χ4n) is 2.48. The molecular weight excluding hydrogens is 325 g/mol. The summed E-state index contributed by atoms with van der Waals surface area (Å²) in [5.41, 5.74) is 6.81. The zero-order valence-electron chi connectivity index (χ0n) is 12.4. The van der Waals surface area contributed by atoms with Gasteiger partial charge in [-0.3, -0.25) is 9.59 Å². The summed E-state index contributed by atoms with van der Waals surface area (Å²) in [6, 6.07) is 3.47. The number of piperidine rings is 1. The summed E-state index contributed by atoms with van der Waals surface area (Å²) in [6.07, 6.45) is 1.25. The number of amides is 2. The SMILES string of the molecule is Cc1cc(Cl)c(NCC(=O)N2CCC(C(N)=O)CC2)cc1Cl. The second-order valence-corrected chi connectivity index (χ2v) is 6.31. The van der Waals surface area contributed by atoms with E-state index in [0.29, 0.717) is 41.7 Å². The van der Waals surface area contributed by atoms with Gasteiger partial charge in [0, 0.05) is 24.0 Å². The van der Waals surface area contributed by atoms with E-state index >= 15 is 0 Å². The molecular formula is C15H19Cl2N3O2. The molecule has 1 aliphatic heterocycles. The zero-order chi connectivity index (χ0) is 16.3. The van der Waals surface area contributed by atoms with Crippen LogP contribution in [-0.2, 0) is 9.59 Å². The molecule has 7 heteroatoms. The normalized spacial score (nSPS) is 15.7. The molecule has 0 radical (unpaired) electrons. The summed E-state index contributed by atoms with van der Waals surface area (Å²) in [7, 11) is 0. The van der Waals surface area contributed by atoms with E-state index in [1.807, 2.05) is 6.92 Å². The fourth-order valence-corrected chi connectivity index (χ4v) is 2.93. The Morgan fingerprint density at radius 2 is 1.91 bits per heavy atom. The van der Waals surface area contributed by atoms with Gasteiger partial charge < -0.3 is 16.0 Å². The first kappa shape index (κ1) is 16.9. The van der Waals surface area contributed by atoms with Crippen LogP contribution < -0.4 is 11.1 Å². The molecule has 0 aliphatic carbocycles. The van der Waals surface area contributed by atoms with Crippen molar-refractivity contribution in [2.45, 2.75) is 19.8 Å². The predicted molar refractivity (Wildman–Crippen MR) is 88.2 cm³/mol. The van der Waals surface area contributed by atoms with Crippen molar-refractivity contribution in [3.63, 3.8) is 0 Å². The summed E-state index contributed by atoms with van der Waals surface area (Å²) in [5.74, 6) is -0.440. The van der Waals surface area contributed by atoms with Gasteiger partial charge in [0.2, 0.25) is 11.8 Å². The highest BCUT2D eigenvalue weighted by Crippen LogP contribution is 2.28. The third-order valence-corrected chi connectivity index (χ3v) is 4.65. The van der Waals surface area contributed by atoms with Crippen molar-refractivity contribution in [3.8, 4) is 0 Å². The lowest BCUT2D eigenvalue weighted by Gasteiger charge is -2.30. The Labute approximate surface area is 139 Å². The van der Waals surface area contributed by atoms with E-state index < -0.39 is 0 Å². The van der Waals surface area contributed by atoms with Gasteiger partial charge in [0.15, 0.2) is 0 Å². The standard InChI is InChI=1S/C15H19Cl2N3O2/c1-9-6-12(17)13(7-11(9)16)19-8-14(21)20-4-2-10(3-5-20)15(18)22/h6-7,10,19H,2-5,8H2,1H3,(H2,18,22). The third kappa shape index (κ3) is 4.05. The van der Waals surface area contributed by atoms with Gasteiger partial charge in [0.25, 0.3) is 0 Å². The van der Waals surface area contributed by atoms with Crippen LogP contribution in [-0.4, -0.2) is 36.3 Å². The van der Waals surface area contributed by atoms with Crippen molar-refractivity contribution in [1.29, 1.82) is 0 Å². The van der Waals surface area contributed by atoms with Gasteiger partial charge in [0.05, 0.1) is 17.3 Å². The second-order valence-electron chi connectivity index (χ2n) is 5.49. The van der Waals surface area contributed by atoms with Crippen molar-refractivity contribution in [2.75, 3.05) is 25.0 Å². The van der Waals surface area contributed by atoms with Crippen molar-refractivity contribution in [3.05, 3.63) is 27.7 Å². The van der Waals surface area contributed by atoms with Gasteiger partial charge in [-0.15, -0.1) is 0 Å². The Bertz CT molecular complexity index is 584. The molecule has 5 nitrogen and oxygen atoms in total. The highest BCUT2D eigenvalue weighted by atomic mass is 35.5. The maximum atomic E-state index is 12.2. The fraction of sp³-hybridized carbons (Fsp3) is 0.467. The van der Waals surface area contributed by atoms with Crippen LogP contribution in [0.2, 0.25) is 10.0 Å². The largest absolute Gasteiger partial charge is 0.375 e. The molecule has 1 aromatic rings. The molecule has 2 rings (SSSR count). The number of nitrogens with zero attached hydrogens (tertiary/aromatic N) is 1. The first-order valence-electron chi connectivity index (χ1n) is 7.15. The summed E-state index contributed by atoms with van der Waals surface area (Å²) < 4.78 is 0. The molecule has 0 saturated carbocycles. The van der Waals surface area contributed by atoms with Crippen molar-refractivity contribution in [1.82, 2.24) is 4.90 Å². The highest BCUT2D eigenvalue weighted by molar-refractivity contribution is 6.35. The van der Waals surface area contributed by atoms with E-state index in [-0.39, 0.29) is 24.3 Å². The van der Waals surface area contributed by atoms with Gasteiger partial charge in [-0.25, -0.2) is 0 Å². The Hall–Kier alpha value is -1.46. The van der Waals surface area contributed by atoms with E-state index in [2.05, 4.69) is 5.32 Å². The van der Waals surface area contributed by atoms with Gasteiger partial charge >= 0.3 is 0 Å². The molecule has 0 bridgehead atoms. The molecule has 1 fully saturated rings. The van der Waals surface area contributed by atoms with Gasteiger partial charge in [-0.05, 0) is 37.5 Å². The number of halogens is 2. The topological polar surface area (TPSA) is 75.4 Å². The minimum atomic E-state index is -0.286. The Morgan fingerprint density at radius 1 is 1.27 bits per heavy atom. The highest BCUT2D eigenvalue weighted by Gasteiger charge is 2.25. The molecule has 1 heterocycles. The number of nitrogens with two attached hydrogens (primary N) is 1. The lowest BCUT2D eigenvalue weighted by atomic mass is 9.96. The van der Waals surface area contributed by atoms with Crippen LogP contribution in [0.25, 0.3) is 0 Å². The van der Waals surface area contributed by atoms with E-state index in [1.54, 1.807) is 17.0 Å². The van der Waals surface area contributed by atoms with E-state index in [0.717, 1.165) is 5.56 Å². The average molecular weight is 344 g/mol. The summed E-state index contributed by atoms with van der Waals surface area (Å²) in [4.78, 5) is 25.0. The van der Waals surface area contributed by atoms with Gasteiger partial charge in [-0.2, -0.15) is 0 Å². The molecule has 0 atom stereocenters. The van der Waals surface area contributed by atoms with E-state index in [1.165, 1.54) is 0 Å². The van der Waals surface area contributed by atoms with Crippen molar-refractivity contribution >= 4 is 40.7 Å². The number of hydrogen-bond donors (Lipinski definition) is 2. The molecule has 1 aliphatic rings. The number of primary amides is 1. The number of rotatable bonds is 4. The maximum absolute atomic E-state index is 12.2. The number of aryl methyl sites for hydroxylation is 1. The number of hydrogen-bond acceptors (Lipinski definition) is 3. The average Bonchev–Trinajstić information content (AvgIpc) is 2.49. The Kier molecular flexibility index (Phi) is 5.53. The minimum absolute atomic E-state index is 0.0318. The molecule has 0 unspecified atom stereocenters. The quantitative estimate of drug-likeness (QED) is 0.881. The predicted octanol–water partition coefficient (Wildman–Crippen LogP) is 2.44. The zero-order valence-corrected chi connectivity index (χ0v) is 13.9. The van der Waals surface area contributed by atoms with E-state index in [9.17, 15) is 9.59 Å². The van der Waals surface area contributed by atoms with E-state index in [4.69, 9.17) is 28.9 Å². The first-order valence-corrected chi connectivity index (χ1v) is 7.90. The van der Waals surface area contributed by atoms with Crippen LogP contribution in [0.4, 0.5) is 5.69 Å². The molecule has 0 aromatic heterocycles. The van der Waals surface area contributed by atoms with Crippen LogP contribution in [0.3, 0.4) is 0 Å². The van der Waals surface area contributed by atoms with Crippen molar-refractivity contribution < 1.29 is 9.59 Å². The molecule has 1 aromatic carbocycles. The summed E-state index contributed by atoms with van der Waals surface area (Å²) >= 11 is 12.2. The molecule has 2 amide bonds. The van der Waals surface area contributed by atoms with Crippen molar-refractivity contribution in [2.24, 2.45) is 11.7 Å². The molecule has 3 N–H and O–H groups in total. The van der Waals surface area contributed by atoms with Crippen LogP contribution in [0.15, 0.2) is 12.1 Å². The summed E-state index contributed by atoms with van der Waals surface area (Å²) in [5, 5.41) is 4.14. The molecule has 120 valence electrons. The number of nitrogens with one attached hydrogen (secondary N) is 1. The van der Waals surface area contributed by atoms with Crippen LogP contribution in [0.5, 0.6) is 0 Å². The lowest BCUT2D eigenvalue weighted by molar-refractivity contribution is -0.133. The third-order valence-electron chi connectivity index (χ3n) is 3.93. The summed E-state index contributed by atoms with van der Waals surface area (Å²) in [6.45, 7) is 3.11. The maximum Gasteiger partial charge on any atom is 0.241 e. The Balaban J connectivity index is 1.89. The molecule has 22 heavy (non-hydrogen) atoms. The van der Waals surface area contributed by atoms with Gasteiger partial charge in [0.1, 0.15) is 0 Å². The Morgan fingerprint density at radius 3 is 2.50 bits per heavy atom. The smallest absolute Gasteiger partial charge is 0.241 e. The molecule has 1 saturated heterocycles.